The molecule has 5 aliphatic rings. The fourth-order valence-electron chi connectivity index (χ4n) is 4.83. The number of carbonyl (C=O) groups is 3. The molecule has 4 atom stereocenters. The van der Waals surface area contributed by atoms with E-state index in [1.807, 2.05) is 12.1 Å². The molecule has 3 saturated heterocycles. The van der Waals surface area contributed by atoms with Gasteiger partial charge in [0.05, 0.1) is 0 Å². The lowest BCUT2D eigenvalue weighted by Gasteiger charge is -2.35. The second-order valence-corrected chi connectivity index (χ2v) is 7.76. The molecular weight excluding hydrogens is 332 g/mol. The summed E-state index contributed by atoms with van der Waals surface area (Å²) >= 11 is 0. The molecule has 26 heavy (non-hydrogen) atoms. The lowest BCUT2D eigenvalue weighted by Crippen LogP contribution is -2.52. The van der Waals surface area contributed by atoms with Crippen LogP contribution in [0.5, 0.6) is 0 Å². The van der Waals surface area contributed by atoms with Crippen LogP contribution in [0.2, 0.25) is 0 Å². The van der Waals surface area contributed by atoms with E-state index in [1.54, 1.807) is 4.90 Å². The van der Waals surface area contributed by atoms with Crippen molar-refractivity contribution in [3.8, 4) is 0 Å². The van der Waals surface area contributed by atoms with Crippen LogP contribution in [0.1, 0.15) is 40.7 Å². The Morgan fingerprint density at radius 2 is 2.12 bits per heavy atom. The second-order valence-electron chi connectivity index (χ2n) is 7.76. The number of nitrogens with one attached hydrogen (secondary N) is 3. The molecule has 136 valence electrons. The molecule has 0 spiro atoms. The average Bonchev–Trinajstić information content (AvgIpc) is 3.31. The topological polar surface area (TPSA) is 90.5 Å². The van der Waals surface area contributed by atoms with E-state index in [2.05, 4.69) is 22.0 Å². The van der Waals surface area contributed by atoms with Crippen LogP contribution in [0.3, 0.4) is 0 Å². The van der Waals surface area contributed by atoms with Crippen molar-refractivity contribution in [2.24, 2.45) is 5.92 Å². The molecule has 1 aliphatic carbocycles. The van der Waals surface area contributed by atoms with Crippen molar-refractivity contribution in [3.05, 3.63) is 34.9 Å². The molecule has 4 fully saturated rings. The van der Waals surface area contributed by atoms with Crippen molar-refractivity contribution in [1.29, 1.82) is 0 Å². The van der Waals surface area contributed by atoms with Gasteiger partial charge in [-0.3, -0.25) is 19.7 Å². The van der Waals surface area contributed by atoms with Gasteiger partial charge < -0.3 is 15.5 Å². The van der Waals surface area contributed by atoms with Crippen LogP contribution in [-0.4, -0.2) is 47.3 Å². The number of imide groups is 1. The molecular formula is C19H22N4O3. The number of hydrogen-bond donors (Lipinski definition) is 3. The molecule has 7 nitrogen and oxygen atoms in total. The zero-order valence-electron chi connectivity index (χ0n) is 14.5. The van der Waals surface area contributed by atoms with Gasteiger partial charge in [0.15, 0.2) is 0 Å². The Morgan fingerprint density at radius 3 is 2.85 bits per heavy atom. The summed E-state index contributed by atoms with van der Waals surface area (Å²) in [6.07, 6.45) is 1.93. The van der Waals surface area contributed by atoms with E-state index in [9.17, 15) is 14.4 Å². The molecule has 1 saturated carbocycles. The molecule has 1 aromatic rings. The summed E-state index contributed by atoms with van der Waals surface area (Å²) < 4.78 is 0. The number of hydrogen-bond acceptors (Lipinski definition) is 5. The Bertz CT molecular complexity index is 794. The highest BCUT2D eigenvalue weighted by Crippen LogP contribution is 2.35. The minimum absolute atomic E-state index is 0.110. The smallest absolute Gasteiger partial charge is 0.255 e. The largest absolute Gasteiger partial charge is 0.322 e. The van der Waals surface area contributed by atoms with Crippen LogP contribution in [0.25, 0.3) is 0 Å². The van der Waals surface area contributed by atoms with Gasteiger partial charge in [-0.25, -0.2) is 0 Å². The second kappa shape index (κ2) is 5.89. The van der Waals surface area contributed by atoms with Gasteiger partial charge >= 0.3 is 0 Å². The molecule has 6 rings (SSSR count). The Labute approximate surface area is 151 Å². The first-order valence-corrected chi connectivity index (χ1v) is 9.34. The highest BCUT2D eigenvalue weighted by molar-refractivity contribution is 6.05. The van der Waals surface area contributed by atoms with Crippen molar-refractivity contribution < 1.29 is 14.4 Å². The van der Waals surface area contributed by atoms with Crippen LogP contribution >= 0.6 is 0 Å². The molecule has 0 radical (unpaired) electrons. The summed E-state index contributed by atoms with van der Waals surface area (Å²) in [6.45, 7) is 2.27. The average molecular weight is 354 g/mol. The van der Waals surface area contributed by atoms with Crippen molar-refractivity contribution in [3.63, 3.8) is 0 Å². The molecule has 3 amide bonds. The van der Waals surface area contributed by atoms with Gasteiger partial charge in [-0.1, -0.05) is 12.1 Å². The van der Waals surface area contributed by atoms with Gasteiger partial charge in [0.25, 0.3) is 5.91 Å². The highest BCUT2D eigenvalue weighted by Gasteiger charge is 2.46. The summed E-state index contributed by atoms with van der Waals surface area (Å²) in [5.41, 5.74) is 2.81. The van der Waals surface area contributed by atoms with E-state index in [-0.39, 0.29) is 24.1 Å². The first-order chi connectivity index (χ1) is 12.6. The number of amides is 3. The minimum Gasteiger partial charge on any atom is -0.322 e. The van der Waals surface area contributed by atoms with E-state index in [0.29, 0.717) is 30.6 Å². The Hall–Kier alpha value is -2.25. The van der Waals surface area contributed by atoms with Crippen LogP contribution in [0, 0.1) is 5.92 Å². The monoisotopic (exact) mass is 354 g/mol. The maximum absolute atomic E-state index is 12.8. The number of piperidine rings is 1. The number of fused-ring (bicyclic) bond motifs is 2. The van der Waals surface area contributed by atoms with E-state index in [4.69, 9.17) is 0 Å². The van der Waals surface area contributed by atoms with Crippen molar-refractivity contribution >= 4 is 17.7 Å². The van der Waals surface area contributed by atoms with Crippen LogP contribution in [-0.2, 0) is 22.7 Å². The van der Waals surface area contributed by atoms with Gasteiger partial charge in [-0.05, 0) is 42.5 Å². The quantitative estimate of drug-likeness (QED) is 0.657. The zero-order chi connectivity index (χ0) is 17.8. The number of rotatable bonds is 4. The lowest BCUT2D eigenvalue weighted by atomic mass is 9.80. The summed E-state index contributed by atoms with van der Waals surface area (Å²) in [7, 11) is 0. The summed E-state index contributed by atoms with van der Waals surface area (Å²) in [5.74, 6) is -0.0108. The molecule has 4 heterocycles. The Morgan fingerprint density at radius 1 is 1.23 bits per heavy atom. The predicted octanol–water partition coefficient (Wildman–Crippen LogP) is -0.102. The maximum Gasteiger partial charge on any atom is 0.255 e. The summed E-state index contributed by atoms with van der Waals surface area (Å²) in [6, 6.07) is 6.35. The molecule has 7 heteroatoms. The molecule has 2 bridgehead atoms. The van der Waals surface area contributed by atoms with E-state index in [0.717, 1.165) is 30.1 Å². The Kier molecular flexibility index (Phi) is 3.62. The van der Waals surface area contributed by atoms with E-state index in [1.165, 1.54) is 6.42 Å². The fraction of sp³-hybridized carbons (Fsp3) is 0.526. The van der Waals surface area contributed by atoms with Crippen LogP contribution in [0.15, 0.2) is 18.2 Å². The van der Waals surface area contributed by atoms with Crippen molar-refractivity contribution in [2.75, 3.05) is 6.54 Å². The highest BCUT2D eigenvalue weighted by atomic mass is 16.2. The zero-order valence-corrected chi connectivity index (χ0v) is 14.5. The molecule has 4 aliphatic heterocycles. The molecule has 3 N–H and O–H groups in total. The van der Waals surface area contributed by atoms with Crippen molar-refractivity contribution in [2.45, 2.75) is 50.5 Å². The van der Waals surface area contributed by atoms with Gasteiger partial charge in [0, 0.05) is 37.2 Å². The maximum atomic E-state index is 12.8. The van der Waals surface area contributed by atoms with Crippen LogP contribution in [0.4, 0.5) is 0 Å². The standard InChI is InChI=1S/C19H22N4O3/c24-16-5-4-15(18(25)22-16)23-9-13-10(2-1-3-12(13)19(23)26)7-21-17-11-6-14(17)20-8-11/h1-3,11,14-15,17,20-21H,4-9H2,(H,22,24,25)/t11-,14-,15?,17+/m1/s1. The third-order valence-corrected chi connectivity index (χ3v) is 6.35. The van der Waals surface area contributed by atoms with Gasteiger partial charge in [0.2, 0.25) is 11.8 Å². The Balaban J connectivity index is 1.33. The normalized spacial score (nSPS) is 32.5. The number of benzene rings is 1. The summed E-state index contributed by atoms with van der Waals surface area (Å²) in [5, 5.41) is 9.48. The van der Waals surface area contributed by atoms with E-state index >= 15 is 0 Å². The lowest BCUT2D eigenvalue weighted by molar-refractivity contribution is -0.136. The summed E-state index contributed by atoms with van der Waals surface area (Å²) in [4.78, 5) is 38.0. The third kappa shape index (κ3) is 2.38. The van der Waals surface area contributed by atoms with Gasteiger partial charge in [0.1, 0.15) is 6.04 Å². The molecule has 1 aromatic carbocycles. The predicted molar refractivity (Wildman–Crippen MR) is 93.0 cm³/mol. The van der Waals surface area contributed by atoms with Gasteiger partial charge in [-0.15, -0.1) is 0 Å². The van der Waals surface area contributed by atoms with E-state index < -0.39 is 6.04 Å². The third-order valence-electron chi connectivity index (χ3n) is 6.35. The SMILES string of the molecule is O=C1CCC(N2Cc3c(CN[C@H]4[C@H]5CN[C@@H]4C5)cccc3C2=O)C(=O)N1. The first kappa shape index (κ1) is 16.0. The minimum atomic E-state index is -0.555. The van der Waals surface area contributed by atoms with Crippen LogP contribution < -0.4 is 16.0 Å². The first-order valence-electron chi connectivity index (χ1n) is 9.34. The van der Waals surface area contributed by atoms with Crippen molar-refractivity contribution in [1.82, 2.24) is 20.9 Å². The number of carbonyl (C=O) groups excluding carboxylic acids is 3. The van der Waals surface area contributed by atoms with Gasteiger partial charge in [-0.2, -0.15) is 0 Å². The molecule has 1 unspecified atom stereocenters. The molecule has 0 aromatic heterocycles. The number of nitrogens with zero attached hydrogens (tertiary/aromatic N) is 1. The fourth-order valence-corrected chi connectivity index (χ4v) is 4.83.